The normalized spacial score (nSPS) is 23.9. The molecule has 1 aromatic rings. The molecule has 1 saturated heterocycles. The number of ether oxygens (including phenoxy) is 6. The van der Waals surface area contributed by atoms with Gasteiger partial charge >= 0.3 is 5.97 Å². The fourth-order valence-corrected chi connectivity index (χ4v) is 3.27. The minimum absolute atomic E-state index is 0.0674. The molecule has 188 valence electrons. The summed E-state index contributed by atoms with van der Waals surface area (Å²) in [4.78, 5) is 14.5. The van der Waals surface area contributed by atoms with Crippen molar-refractivity contribution in [3.63, 3.8) is 0 Å². The first-order valence-electron chi connectivity index (χ1n) is 11.8. The molecule has 1 fully saturated rings. The Balaban J connectivity index is 2.10. The van der Waals surface area contributed by atoms with E-state index in [0.29, 0.717) is 66.0 Å². The lowest BCUT2D eigenvalue weighted by molar-refractivity contribution is -0.161. The first-order valence-corrected chi connectivity index (χ1v) is 11.8. The minimum atomic E-state index is -0.565. The Bertz CT molecular complexity index is 650. The molecule has 0 saturated carbocycles. The summed E-state index contributed by atoms with van der Waals surface area (Å²) in [5, 5.41) is 0. The van der Waals surface area contributed by atoms with Crippen LogP contribution >= 0.6 is 0 Å². The highest BCUT2D eigenvalue weighted by atomic mass is 16.6. The Morgan fingerprint density at radius 1 is 0.879 bits per heavy atom. The molecule has 1 aliphatic heterocycles. The van der Waals surface area contributed by atoms with Gasteiger partial charge in [0.2, 0.25) is 0 Å². The molecule has 2 rings (SSSR count). The monoisotopic (exact) mass is 467 g/mol. The summed E-state index contributed by atoms with van der Waals surface area (Å²) >= 11 is 0. The highest BCUT2D eigenvalue weighted by Gasteiger charge is 2.29. The zero-order valence-electron chi connectivity index (χ0n) is 20.6. The molecule has 0 spiro atoms. The van der Waals surface area contributed by atoms with Gasteiger partial charge < -0.3 is 28.4 Å². The van der Waals surface area contributed by atoms with Crippen LogP contribution in [0.25, 0.3) is 0 Å². The van der Waals surface area contributed by atoms with Gasteiger partial charge in [-0.25, -0.2) is 0 Å². The summed E-state index contributed by atoms with van der Waals surface area (Å²) in [6.45, 7) is 12.9. The molecule has 1 aromatic carbocycles. The number of nitrogens with zero attached hydrogens (tertiary/aromatic N) is 1. The van der Waals surface area contributed by atoms with Crippen LogP contribution in [0.15, 0.2) is 30.3 Å². The average molecular weight is 468 g/mol. The van der Waals surface area contributed by atoms with Crippen molar-refractivity contribution in [1.29, 1.82) is 0 Å². The van der Waals surface area contributed by atoms with Crippen molar-refractivity contribution in [3.05, 3.63) is 35.9 Å². The molecule has 0 bridgehead atoms. The summed E-state index contributed by atoms with van der Waals surface area (Å²) in [6.07, 6.45) is -0.221. The van der Waals surface area contributed by atoms with Crippen LogP contribution in [0.3, 0.4) is 0 Å². The van der Waals surface area contributed by atoms with Crippen molar-refractivity contribution < 1.29 is 33.2 Å². The maximum absolute atomic E-state index is 12.4. The van der Waals surface area contributed by atoms with Crippen LogP contribution in [0.2, 0.25) is 0 Å². The third-order valence-electron chi connectivity index (χ3n) is 5.28. The van der Waals surface area contributed by atoms with Gasteiger partial charge in [0.15, 0.2) is 0 Å². The second-order valence-electron chi connectivity index (χ2n) is 9.02. The van der Waals surface area contributed by atoms with Gasteiger partial charge in [0.1, 0.15) is 6.73 Å². The Kier molecular flexibility index (Phi) is 12.9. The number of carbonyl (C=O) groups is 1. The van der Waals surface area contributed by atoms with Gasteiger partial charge in [0.25, 0.3) is 0 Å². The van der Waals surface area contributed by atoms with E-state index in [2.05, 4.69) is 24.0 Å². The van der Waals surface area contributed by atoms with Crippen molar-refractivity contribution in [3.8, 4) is 0 Å². The lowest BCUT2D eigenvalue weighted by Crippen LogP contribution is -2.43. The zero-order chi connectivity index (χ0) is 23.9. The van der Waals surface area contributed by atoms with E-state index in [0.717, 1.165) is 5.56 Å². The third-order valence-corrected chi connectivity index (χ3v) is 5.28. The second-order valence-corrected chi connectivity index (χ2v) is 9.02. The molecule has 0 aliphatic carbocycles. The van der Waals surface area contributed by atoms with Gasteiger partial charge in [-0.1, -0.05) is 30.3 Å². The second kappa shape index (κ2) is 15.4. The number of rotatable bonds is 3. The van der Waals surface area contributed by atoms with Crippen molar-refractivity contribution in [2.24, 2.45) is 5.41 Å². The zero-order valence-corrected chi connectivity index (χ0v) is 20.6. The maximum Gasteiger partial charge on any atom is 0.312 e. The molecule has 0 amide bonds. The average Bonchev–Trinajstić information content (AvgIpc) is 2.79. The molecular formula is C25H41NO7. The molecule has 1 aliphatic rings. The largest absolute Gasteiger partial charge is 0.449 e. The maximum atomic E-state index is 12.4. The molecule has 8 heteroatoms. The van der Waals surface area contributed by atoms with Gasteiger partial charge in [-0.15, -0.1) is 0 Å². The number of hydrogen-bond acceptors (Lipinski definition) is 8. The standard InChI is InChI=1S/C25H41NO7/c1-21-23(22-8-6-5-7-9-22)32-19-18-31-17-16-30-15-14-29-13-12-28-11-10-26(21)20-33-24(27)25(2,3)4/h5-9,21,23H,10-20H2,1-4H3/t21-,23?/m0/s1. The molecule has 8 nitrogen and oxygen atoms in total. The topological polar surface area (TPSA) is 75.7 Å². The van der Waals surface area contributed by atoms with Gasteiger partial charge in [0, 0.05) is 12.6 Å². The van der Waals surface area contributed by atoms with Gasteiger partial charge in [-0.3, -0.25) is 9.69 Å². The Morgan fingerprint density at radius 3 is 1.94 bits per heavy atom. The summed E-state index contributed by atoms with van der Waals surface area (Å²) < 4.78 is 34.4. The molecule has 33 heavy (non-hydrogen) atoms. The van der Waals surface area contributed by atoms with E-state index in [-0.39, 0.29) is 24.8 Å². The van der Waals surface area contributed by atoms with Crippen LogP contribution in [0.4, 0.5) is 0 Å². The van der Waals surface area contributed by atoms with Crippen molar-refractivity contribution in [2.75, 3.05) is 72.7 Å². The van der Waals surface area contributed by atoms with E-state index in [4.69, 9.17) is 28.4 Å². The van der Waals surface area contributed by atoms with Gasteiger partial charge in [-0.05, 0) is 33.3 Å². The number of benzene rings is 1. The van der Waals surface area contributed by atoms with Crippen LogP contribution in [-0.2, 0) is 33.2 Å². The fourth-order valence-electron chi connectivity index (χ4n) is 3.27. The first kappa shape index (κ1) is 27.7. The van der Waals surface area contributed by atoms with Crippen LogP contribution in [0, 0.1) is 5.41 Å². The van der Waals surface area contributed by atoms with Crippen LogP contribution < -0.4 is 0 Å². The minimum Gasteiger partial charge on any atom is -0.449 e. The highest BCUT2D eigenvalue weighted by Crippen LogP contribution is 2.25. The lowest BCUT2D eigenvalue weighted by Gasteiger charge is -2.35. The predicted octanol–water partition coefficient (Wildman–Crippen LogP) is 3.06. The Hall–Kier alpha value is -1.55. The van der Waals surface area contributed by atoms with Crippen molar-refractivity contribution in [1.82, 2.24) is 4.90 Å². The molecule has 1 unspecified atom stereocenters. The van der Waals surface area contributed by atoms with Crippen molar-refractivity contribution in [2.45, 2.75) is 39.8 Å². The van der Waals surface area contributed by atoms with Crippen molar-refractivity contribution >= 4 is 5.97 Å². The SMILES string of the molecule is C[C@H]1C(c2ccccc2)OCCOCCOCCOCCOCCN1COC(=O)C(C)(C)C. The lowest BCUT2D eigenvalue weighted by atomic mass is 9.97. The van der Waals surface area contributed by atoms with E-state index in [1.165, 1.54) is 0 Å². The summed E-state index contributed by atoms with van der Waals surface area (Å²) in [7, 11) is 0. The van der Waals surface area contributed by atoms with E-state index in [1.807, 2.05) is 39.0 Å². The molecule has 0 radical (unpaired) electrons. The summed E-state index contributed by atoms with van der Waals surface area (Å²) in [5.41, 5.74) is 0.494. The summed E-state index contributed by atoms with van der Waals surface area (Å²) in [6, 6.07) is 10.0. The highest BCUT2D eigenvalue weighted by molar-refractivity contribution is 5.75. The predicted molar refractivity (Wildman–Crippen MR) is 125 cm³/mol. The van der Waals surface area contributed by atoms with E-state index < -0.39 is 5.41 Å². The van der Waals surface area contributed by atoms with E-state index >= 15 is 0 Å². The number of carbonyl (C=O) groups excluding carboxylic acids is 1. The van der Waals surface area contributed by atoms with Crippen LogP contribution in [0.1, 0.15) is 39.4 Å². The third kappa shape index (κ3) is 10.9. The fraction of sp³-hybridized carbons (Fsp3) is 0.720. The Labute approximate surface area is 198 Å². The quantitative estimate of drug-likeness (QED) is 0.628. The first-order chi connectivity index (χ1) is 15.9. The van der Waals surface area contributed by atoms with Crippen LogP contribution in [0.5, 0.6) is 0 Å². The molecule has 0 N–H and O–H groups in total. The number of esters is 1. The van der Waals surface area contributed by atoms with E-state index in [9.17, 15) is 4.79 Å². The molecule has 1 heterocycles. The molecule has 2 atom stereocenters. The van der Waals surface area contributed by atoms with E-state index in [1.54, 1.807) is 0 Å². The molecule has 0 aromatic heterocycles. The van der Waals surface area contributed by atoms with Gasteiger partial charge in [-0.2, -0.15) is 0 Å². The molecular weight excluding hydrogens is 426 g/mol. The smallest absolute Gasteiger partial charge is 0.312 e. The van der Waals surface area contributed by atoms with Crippen LogP contribution in [-0.4, -0.2) is 89.6 Å². The number of hydrogen-bond donors (Lipinski definition) is 0. The Morgan fingerprint density at radius 2 is 1.39 bits per heavy atom. The summed E-state index contributed by atoms with van der Waals surface area (Å²) in [5.74, 6) is -0.240. The van der Waals surface area contributed by atoms with Gasteiger partial charge in [0.05, 0.1) is 71.0 Å².